The molecule has 5 rings (SSSR count). The lowest BCUT2D eigenvalue weighted by atomic mass is 10.0. The van der Waals surface area contributed by atoms with Gasteiger partial charge in [0.05, 0.1) is 31.2 Å². The van der Waals surface area contributed by atoms with Gasteiger partial charge in [-0.25, -0.2) is 4.68 Å². The quantitative estimate of drug-likeness (QED) is 0.723. The Kier molecular flexibility index (Phi) is 4.87. The fourth-order valence-electron chi connectivity index (χ4n) is 3.86. The van der Waals surface area contributed by atoms with Crippen LogP contribution >= 0.6 is 11.8 Å². The molecule has 1 fully saturated rings. The van der Waals surface area contributed by atoms with E-state index in [2.05, 4.69) is 12.1 Å². The van der Waals surface area contributed by atoms with Crippen LogP contribution in [0, 0.1) is 0 Å². The summed E-state index contributed by atoms with van der Waals surface area (Å²) in [5.41, 5.74) is 5.19. The van der Waals surface area contributed by atoms with Gasteiger partial charge in [0.25, 0.3) is 5.91 Å². The molecule has 0 aliphatic carbocycles. The number of carbonyl (C=O) groups is 1. The van der Waals surface area contributed by atoms with Crippen LogP contribution in [0.25, 0.3) is 16.9 Å². The first-order valence-electron chi connectivity index (χ1n) is 9.67. The highest BCUT2D eigenvalue weighted by Gasteiger charge is 2.31. The normalized spacial score (nSPS) is 15.7. The van der Waals surface area contributed by atoms with Gasteiger partial charge in [-0.3, -0.25) is 4.79 Å². The number of benzene rings is 2. The van der Waals surface area contributed by atoms with Crippen molar-refractivity contribution < 1.29 is 14.6 Å². The Morgan fingerprint density at radius 2 is 1.97 bits per heavy atom. The summed E-state index contributed by atoms with van der Waals surface area (Å²) in [6.07, 6.45) is 0. The summed E-state index contributed by atoms with van der Waals surface area (Å²) in [4.78, 5) is 16.3. The number of morpholine rings is 1. The Labute approximate surface area is 173 Å². The van der Waals surface area contributed by atoms with E-state index in [1.165, 1.54) is 4.90 Å². The van der Waals surface area contributed by atoms with E-state index >= 15 is 0 Å². The molecule has 0 atom stereocenters. The Bertz CT molecular complexity index is 1070. The number of amides is 1. The molecule has 2 aromatic carbocycles. The number of aliphatic hydroxyl groups is 1. The lowest BCUT2D eigenvalue weighted by molar-refractivity contribution is 0.0298. The van der Waals surface area contributed by atoms with Crippen LogP contribution < -0.4 is 0 Å². The summed E-state index contributed by atoms with van der Waals surface area (Å²) in [5, 5.41) is 14.4. The number of hydrogen-bond acceptors (Lipinski definition) is 5. The number of fused-ring (bicyclic) bond motifs is 3. The molecule has 1 aromatic heterocycles. The minimum Gasteiger partial charge on any atom is -0.392 e. The summed E-state index contributed by atoms with van der Waals surface area (Å²) >= 11 is 1.74. The molecule has 1 amide bonds. The Hall–Kier alpha value is -2.61. The molecule has 1 saturated heterocycles. The molecule has 2 aliphatic rings. The summed E-state index contributed by atoms with van der Waals surface area (Å²) in [7, 11) is 0. The van der Waals surface area contributed by atoms with E-state index in [9.17, 15) is 9.90 Å². The van der Waals surface area contributed by atoms with Gasteiger partial charge < -0.3 is 14.7 Å². The molecule has 0 bridgehead atoms. The second kappa shape index (κ2) is 7.67. The molecule has 6 nitrogen and oxygen atoms in total. The maximum atomic E-state index is 13.3. The third kappa shape index (κ3) is 3.25. The van der Waals surface area contributed by atoms with Crippen molar-refractivity contribution in [3.63, 3.8) is 0 Å². The van der Waals surface area contributed by atoms with Crippen LogP contribution in [-0.2, 0) is 17.1 Å². The zero-order valence-corrected chi connectivity index (χ0v) is 16.7. The molecule has 29 heavy (non-hydrogen) atoms. The van der Waals surface area contributed by atoms with Crippen LogP contribution in [0.1, 0.15) is 21.6 Å². The first kappa shape index (κ1) is 18.4. The van der Waals surface area contributed by atoms with E-state index in [1.54, 1.807) is 11.8 Å². The van der Waals surface area contributed by atoms with Crippen molar-refractivity contribution >= 4 is 17.7 Å². The summed E-state index contributed by atoms with van der Waals surface area (Å²) in [6.45, 7) is 2.26. The van der Waals surface area contributed by atoms with E-state index in [0.717, 1.165) is 28.1 Å². The maximum absolute atomic E-state index is 13.3. The van der Waals surface area contributed by atoms with E-state index in [4.69, 9.17) is 9.84 Å². The standard InChI is InChI=1S/C22H21N3O3S/c26-13-15-4-3-5-16(12-15)25-21-17-6-1-2-7-19(17)29-14-18(21)20(23-25)22(27)24-8-10-28-11-9-24/h1-7,12,26H,8-11,13-14H2. The molecular weight excluding hydrogens is 386 g/mol. The largest absolute Gasteiger partial charge is 0.392 e. The van der Waals surface area contributed by atoms with Crippen molar-refractivity contribution in [1.29, 1.82) is 0 Å². The molecule has 148 valence electrons. The lowest BCUT2D eigenvalue weighted by Gasteiger charge is -2.26. The molecule has 0 spiro atoms. The minimum absolute atomic E-state index is 0.0384. The van der Waals surface area contributed by atoms with Gasteiger partial charge in [-0.2, -0.15) is 5.10 Å². The molecule has 7 heteroatoms. The third-order valence-corrected chi connectivity index (χ3v) is 6.44. The molecule has 1 N–H and O–H groups in total. The fraction of sp³-hybridized carbons (Fsp3) is 0.273. The first-order valence-corrected chi connectivity index (χ1v) is 10.7. The average molecular weight is 407 g/mol. The van der Waals surface area contributed by atoms with E-state index in [0.29, 0.717) is 37.8 Å². The number of thioether (sulfide) groups is 1. The van der Waals surface area contributed by atoms with Crippen LogP contribution in [0.3, 0.4) is 0 Å². The van der Waals surface area contributed by atoms with Gasteiger partial charge in [-0.05, 0) is 23.8 Å². The predicted octanol–water partition coefficient (Wildman–Crippen LogP) is 3.11. The number of carbonyl (C=O) groups excluding carboxylic acids is 1. The minimum atomic E-state index is -0.0402. The highest BCUT2D eigenvalue weighted by atomic mass is 32.2. The van der Waals surface area contributed by atoms with Crippen LogP contribution in [0.15, 0.2) is 53.4 Å². The number of aliphatic hydroxyl groups excluding tert-OH is 1. The molecule has 0 saturated carbocycles. The average Bonchev–Trinajstić information content (AvgIpc) is 3.19. The van der Waals surface area contributed by atoms with Crippen LogP contribution in [0.5, 0.6) is 0 Å². The third-order valence-electron chi connectivity index (χ3n) is 5.34. The highest BCUT2D eigenvalue weighted by molar-refractivity contribution is 7.98. The zero-order valence-electron chi connectivity index (χ0n) is 15.9. The van der Waals surface area contributed by atoms with E-state index in [-0.39, 0.29) is 12.5 Å². The van der Waals surface area contributed by atoms with Gasteiger partial charge in [-0.1, -0.05) is 30.3 Å². The number of nitrogens with zero attached hydrogens (tertiary/aromatic N) is 3. The van der Waals surface area contributed by atoms with E-state index in [1.807, 2.05) is 46.0 Å². The van der Waals surface area contributed by atoms with E-state index < -0.39 is 0 Å². The second-order valence-corrected chi connectivity index (χ2v) is 8.12. The smallest absolute Gasteiger partial charge is 0.274 e. The summed E-state index contributed by atoms with van der Waals surface area (Å²) < 4.78 is 7.26. The molecule has 2 aliphatic heterocycles. The molecule has 0 unspecified atom stereocenters. The Balaban J connectivity index is 1.68. The summed E-state index contributed by atoms with van der Waals surface area (Å²) in [6, 6.07) is 15.9. The molecule has 3 aromatic rings. The van der Waals surface area contributed by atoms with Crippen LogP contribution in [0.2, 0.25) is 0 Å². The maximum Gasteiger partial charge on any atom is 0.274 e. The lowest BCUT2D eigenvalue weighted by Crippen LogP contribution is -2.41. The zero-order chi connectivity index (χ0) is 19.8. The van der Waals surface area contributed by atoms with Gasteiger partial charge >= 0.3 is 0 Å². The van der Waals surface area contributed by atoms with Crippen molar-refractivity contribution in [3.8, 4) is 16.9 Å². The van der Waals surface area contributed by atoms with Crippen molar-refractivity contribution in [2.45, 2.75) is 17.3 Å². The van der Waals surface area contributed by atoms with Gasteiger partial charge in [0.2, 0.25) is 0 Å². The Morgan fingerprint density at radius 1 is 1.14 bits per heavy atom. The number of rotatable bonds is 3. The number of ether oxygens (including phenoxy) is 1. The van der Waals surface area contributed by atoms with Crippen LogP contribution in [0.4, 0.5) is 0 Å². The van der Waals surface area contributed by atoms with Gasteiger partial charge in [-0.15, -0.1) is 11.8 Å². The summed E-state index contributed by atoms with van der Waals surface area (Å²) in [5.74, 6) is 0.666. The van der Waals surface area contributed by atoms with Gasteiger partial charge in [0.1, 0.15) is 0 Å². The SMILES string of the molecule is O=C(c1nn(-c2cccc(CO)c2)c2c1CSc1ccccc1-2)N1CCOCC1. The van der Waals surface area contributed by atoms with Crippen molar-refractivity contribution in [1.82, 2.24) is 14.7 Å². The predicted molar refractivity (Wildman–Crippen MR) is 111 cm³/mol. The highest BCUT2D eigenvalue weighted by Crippen LogP contribution is 2.43. The van der Waals surface area contributed by atoms with Crippen LogP contribution in [-0.4, -0.2) is 52.0 Å². The topological polar surface area (TPSA) is 67.6 Å². The van der Waals surface area contributed by atoms with Crippen molar-refractivity contribution in [2.24, 2.45) is 0 Å². The number of hydrogen-bond donors (Lipinski definition) is 1. The van der Waals surface area contributed by atoms with Crippen molar-refractivity contribution in [3.05, 3.63) is 65.4 Å². The number of aromatic nitrogens is 2. The molecular formula is C22H21N3O3S. The van der Waals surface area contributed by atoms with Gasteiger partial charge in [0, 0.05) is 34.9 Å². The van der Waals surface area contributed by atoms with Crippen molar-refractivity contribution in [2.75, 3.05) is 26.3 Å². The monoisotopic (exact) mass is 407 g/mol. The first-order chi connectivity index (χ1) is 14.3. The molecule has 3 heterocycles. The molecule has 0 radical (unpaired) electrons. The second-order valence-electron chi connectivity index (χ2n) is 7.10. The Morgan fingerprint density at radius 3 is 2.79 bits per heavy atom. The van der Waals surface area contributed by atoms with Gasteiger partial charge in [0.15, 0.2) is 5.69 Å². The fourth-order valence-corrected chi connectivity index (χ4v) is 4.93.